The van der Waals surface area contributed by atoms with Gasteiger partial charge in [-0.25, -0.2) is 0 Å². The third-order valence-corrected chi connectivity index (χ3v) is 5.12. The van der Waals surface area contributed by atoms with Crippen molar-refractivity contribution < 1.29 is 9.90 Å². The molecule has 4 rings (SSSR count). The highest BCUT2D eigenvalue weighted by Gasteiger charge is 2.29. The molecule has 1 unspecified atom stereocenters. The van der Waals surface area contributed by atoms with Crippen molar-refractivity contribution in [1.82, 2.24) is 15.1 Å². The summed E-state index contributed by atoms with van der Waals surface area (Å²) in [5.41, 5.74) is 2.41. The molecule has 0 radical (unpaired) electrons. The van der Waals surface area contributed by atoms with Crippen molar-refractivity contribution in [2.24, 2.45) is 5.92 Å². The van der Waals surface area contributed by atoms with E-state index in [1.54, 1.807) is 6.20 Å². The van der Waals surface area contributed by atoms with Crippen molar-refractivity contribution in [3.63, 3.8) is 0 Å². The van der Waals surface area contributed by atoms with E-state index in [0.29, 0.717) is 18.7 Å². The molecular formula is C20H21N3O2. The molecule has 2 aromatic carbocycles. The lowest BCUT2D eigenvalue weighted by Crippen LogP contribution is -2.39. The maximum absolute atomic E-state index is 12.9. The van der Waals surface area contributed by atoms with Crippen LogP contribution in [0.4, 0.5) is 0 Å². The second-order valence-electron chi connectivity index (χ2n) is 6.62. The Kier molecular flexibility index (Phi) is 4.24. The third kappa shape index (κ3) is 3.03. The van der Waals surface area contributed by atoms with Crippen molar-refractivity contribution in [1.29, 1.82) is 0 Å². The summed E-state index contributed by atoms with van der Waals surface area (Å²) in [6.45, 7) is 1.33. The Labute approximate surface area is 146 Å². The minimum atomic E-state index is -0.463. The fourth-order valence-corrected chi connectivity index (χ4v) is 3.66. The van der Waals surface area contributed by atoms with E-state index in [-0.39, 0.29) is 11.8 Å². The number of carbonyl (C=O) groups excluding carboxylic acids is 1. The number of nitrogens with one attached hydrogen (secondary N) is 1. The molecule has 2 heterocycles. The van der Waals surface area contributed by atoms with Gasteiger partial charge < -0.3 is 10.0 Å². The summed E-state index contributed by atoms with van der Waals surface area (Å²) in [4.78, 5) is 14.8. The Morgan fingerprint density at radius 1 is 1.12 bits per heavy atom. The number of benzene rings is 2. The number of amides is 1. The molecule has 1 aliphatic heterocycles. The number of H-pyrrole nitrogens is 1. The zero-order valence-electron chi connectivity index (χ0n) is 13.9. The van der Waals surface area contributed by atoms with Crippen molar-refractivity contribution >= 4 is 16.8 Å². The summed E-state index contributed by atoms with van der Waals surface area (Å²) in [5, 5.41) is 18.5. The van der Waals surface area contributed by atoms with Crippen LogP contribution in [-0.4, -0.2) is 39.2 Å². The number of aliphatic hydroxyl groups is 1. The van der Waals surface area contributed by atoms with E-state index < -0.39 is 6.10 Å². The quantitative estimate of drug-likeness (QED) is 0.772. The van der Waals surface area contributed by atoms with Crippen LogP contribution < -0.4 is 0 Å². The van der Waals surface area contributed by atoms with Gasteiger partial charge in [0.15, 0.2) is 0 Å². The number of nitrogens with zero attached hydrogens (tertiary/aromatic N) is 2. The molecule has 1 atom stereocenters. The average molecular weight is 335 g/mol. The molecule has 0 bridgehead atoms. The first-order chi connectivity index (χ1) is 12.2. The van der Waals surface area contributed by atoms with Crippen LogP contribution in [-0.2, 0) is 0 Å². The number of hydrogen-bond donors (Lipinski definition) is 2. The first-order valence-corrected chi connectivity index (χ1v) is 8.68. The van der Waals surface area contributed by atoms with Crippen LogP contribution in [0.15, 0.2) is 54.7 Å². The largest absolute Gasteiger partial charge is 0.388 e. The monoisotopic (exact) mass is 335 g/mol. The number of aliphatic hydroxyl groups excluding tert-OH is 1. The molecule has 0 spiro atoms. The summed E-state index contributed by atoms with van der Waals surface area (Å²) in [6, 6.07) is 15.4. The van der Waals surface area contributed by atoms with Crippen LogP contribution in [0.2, 0.25) is 0 Å². The second-order valence-corrected chi connectivity index (χ2v) is 6.62. The molecule has 128 valence electrons. The normalized spacial score (nSPS) is 16.9. The van der Waals surface area contributed by atoms with Gasteiger partial charge in [-0.05, 0) is 30.4 Å². The Bertz CT molecular complexity index is 867. The van der Waals surface area contributed by atoms with Crippen molar-refractivity contribution in [2.75, 3.05) is 13.1 Å². The molecule has 3 aromatic rings. The van der Waals surface area contributed by atoms with E-state index in [9.17, 15) is 9.90 Å². The SMILES string of the molecule is O=C(c1cccc2cn[nH]c12)N1CCC(C(O)c2ccccc2)CC1. The molecule has 1 amide bonds. The molecular weight excluding hydrogens is 314 g/mol. The predicted octanol–water partition coefficient (Wildman–Crippen LogP) is 3.15. The molecule has 5 nitrogen and oxygen atoms in total. The minimum Gasteiger partial charge on any atom is -0.388 e. The molecule has 1 fully saturated rings. The van der Waals surface area contributed by atoms with Crippen LogP contribution in [0, 0.1) is 5.92 Å². The average Bonchev–Trinajstić information content (AvgIpc) is 3.16. The highest BCUT2D eigenvalue weighted by molar-refractivity contribution is 6.05. The zero-order valence-corrected chi connectivity index (χ0v) is 13.9. The standard InChI is InChI=1S/C20H21N3O2/c24-19(14-5-2-1-3-6-14)15-9-11-23(12-10-15)20(25)17-8-4-7-16-13-21-22-18(16)17/h1-8,13,15,19,24H,9-12H2,(H,21,22). The maximum atomic E-state index is 12.9. The summed E-state index contributed by atoms with van der Waals surface area (Å²) < 4.78 is 0. The summed E-state index contributed by atoms with van der Waals surface area (Å²) in [6.07, 6.45) is 2.88. The van der Waals surface area contributed by atoms with E-state index in [2.05, 4.69) is 10.2 Å². The number of hydrogen-bond acceptors (Lipinski definition) is 3. The number of aromatic amines is 1. The fourth-order valence-electron chi connectivity index (χ4n) is 3.66. The number of fused-ring (bicyclic) bond motifs is 1. The van der Waals surface area contributed by atoms with Crippen LogP contribution in [0.1, 0.15) is 34.9 Å². The van der Waals surface area contributed by atoms with Crippen molar-refractivity contribution in [3.8, 4) is 0 Å². The van der Waals surface area contributed by atoms with Crippen LogP contribution >= 0.6 is 0 Å². The highest BCUT2D eigenvalue weighted by atomic mass is 16.3. The number of para-hydroxylation sites is 1. The zero-order chi connectivity index (χ0) is 17.2. The number of rotatable bonds is 3. The fraction of sp³-hybridized carbons (Fsp3) is 0.300. The minimum absolute atomic E-state index is 0.0301. The van der Waals surface area contributed by atoms with Gasteiger partial charge in [0.1, 0.15) is 0 Å². The molecule has 2 N–H and O–H groups in total. The number of aromatic nitrogens is 2. The molecule has 25 heavy (non-hydrogen) atoms. The van der Waals surface area contributed by atoms with E-state index in [1.165, 1.54) is 0 Å². The van der Waals surface area contributed by atoms with Gasteiger partial charge in [0, 0.05) is 18.5 Å². The Morgan fingerprint density at radius 2 is 1.88 bits per heavy atom. The molecule has 0 aliphatic carbocycles. The van der Waals surface area contributed by atoms with E-state index >= 15 is 0 Å². The first-order valence-electron chi connectivity index (χ1n) is 8.68. The smallest absolute Gasteiger partial charge is 0.256 e. The maximum Gasteiger partial charge on any atom is 0.256 e. The predicted molar refractivity (Wildman–Crippen MR) is 96.1 cm³/mol. The van der Waals surface area contributed by atoms with Gasteiger partial charge in [0.05, 0.1) is 23.4 Å². The van der Waals surface area contributed by atoms with Gasteiger partial charge in [-0.2, -0.15) is 5.10 Å². The Balaban J connectivity index is 1.45. The Hall–Kier alpha value is -2.66. The lowest BCUT2D eigenvalue weighted by Gasteiger charge is -2.34. The Morgan fingerprint density at radius 3 is 2.64 bits per heavy atom. The number of piperidine rings is 1. The van der Waals surface area contributed by atoms with E-state index in [4.69, 9.17) is 0 Å². The molecule has 0 saturated carbocycles. The summed E-state index contributed by atoms with van der Waals surface area (Å²) >= 11 is 0. The van der Waals surface area contributed by atoms with Gasteiger partial charge >= 0.3 is 0 Å². The lowest BCUT2D eigenvalue weighted by molar-refractivity contribution is 0.0463. The van der Waals surface area contributed by atoms with Crippen LogP contribution in [0.25, 0.3) is 10.9 Å². The van der Waals surface area contributed by atoms with Crippen LogP contribution in [0.3, 0.4) is 0 Å². The van der Waals surface area contributed by atoms with Gasteiger partial charge in [-0.1, -0.05) is 42.5 Å². The van der Waals surface area contributed by atoms with Crippen molar-refractivity contribution in [2.45, 2.75) is 18.9 Å². The van der Waals surface area contributed by atoms with Gasteiger partial charge in [-0.3, -0.25) is 9.89 Å². The molecule has 1 aliphatic rings. The third-order valence-electron chi connectivity index (χ3n) is 5.12. The number of carbonyl (C=O) groups is 1. The molecule has 1 aromatic heterocycles. The molecule has 1 saturated heterocycles. The van der Waals surface area contributed by atoms with Gasteiger partial charge in [0.2, 0.25) is 0 Å². The van der Waals surface area contributed by atoms with E-state index in [0.717, 1.165) is 29.3 Å². The second kappa shape index (κ2) is 6.69. The summed E-state index contributed by atoms with van der Waals surface area (Å²) in [7, 11) is 0. The summed E-state index contributed by atoms with van der Waals surface area (Å²) in [5.74, 6) is 0.219. The van der Waals surface area contributed by atoms with E-state index in [1.807, 2.05) is 53.4 Å². The highest BCUT2D eigenvalue weighted by Crippen LogP contribution is 2.31. The molecule has 5 heteroatoms. The van der Waals surface area contributed by atoms with Gasteiger partial charge in [0.25, 0.3) is 5.91 Å². The first kappa shape index (κ1) is 15.8. The topological polar surface area (TPSA) is 69.2 Å². The van der Waals surface area contributed by atoms with Gasteiger partial charge in [-0.15, -0.1) is 0 Å². The number of likely N-dealkylation sites (tertiary alicyclic amines) is 1. The van der Waals surface area contributed by atoms with Crippen LogP contribution in [0.5, 0.6) is 0 Å². The van der Waals surface area contributed by atoms with Crippen molar-refractivity contribution in [3.05, 3.63) is 65.9 Å². The lowest BCUT2D eigenvalue weighted by atomic mass is 9.87.